The molecule has 0 bridgehead atoms. The minimum absolute atomic E-state index is 0.0430. The number of unbranched alkanes of at least 4 members (excludes halogenated alkanes) is 1. The molecule has 110 valence electrons. The van der Waals surface area contributed by atoms with E-state index in [4.69, 9.17) is 0 Å². The van der Waals surface area contributed by atoms with Gasteiger partial charge in [0.1, 0.15) is 0 Å². The predicted octanol–water partition coefficient (Wildman–Crippen LogP) is 3.36. The number of aryl methyl sites for hydroxylation is 1. The lowest BCUT2D eigenvalue weighted by Crippen LogP contribution is -2.45. The lowest BCUT2D eigenvalue weighted by atomic mass is 9.94. The van der Waals surface area contributed by atoms with Gasteiger partial charge in [0.15, 0.2) is 0 Å². The van der Waals surface area contributed by atoms with Gasteiger partial charge in [-0.25, -0.2) is 0 Å². The summed E-state index contributed by atoms with van der Waals surface area (Å²) in [6, 6.07) is 8.20. The largest absolute Gasteiger partial charge is 0.325 e. The highest BCUT2D eigenvalue weighted by molar-refractivity contribution is 5.94. The van der Waals surface area contributed by atoms with Gasteiger partial charge in [-0.1, -0.05) is 32.4 Å². The summed E-state index contributed by atoms with van der Waals surface area (Å²) >= 11 is 0. The molecule has 1 saturated heterocycles. The fourth-order valence-corrected chi connectivity index (χ4v) is 2.67. The first kappa shape index (κ1) is 15.0. The SMILES string of the molecule is CCCCc1ccc(NC(=O)C2CC(C)CCN2)cc1. The van der Waals surface area contributed by atoms with Gasteiger partial charge in [-0.2, -0.15) is 0 Å². The van der Waals surface area contributed by atoms with E-state index in [1.54, 1.807) is 0 Å². The van der Waals surface area contributed by atoms with Crippen molar-refractivity contribution in [3.8, 4) is 0 Å². The third-order valence-corrected chi connectivity index (χ3v) is 4.02. The molecule has 1 aliphatic rings. The van der Waals surface area contributed by atoms with Crippen LogP contribution in [0.15, 0.2) is 24.3 Å². The number of amides is 1. The Labute approximate surface area is 122 Å². The van der Waals surface area contributed by atoms with Crippen molar-refractivity contribution >= 4 is 11.6 Å². The van der Waals surface area contributed by atoms with Crippen molar-refractivity contribution in [2.45, 2.75) is 52.0 Å². The van der Waals surface area contributed by atoms with Gasteiger partial charge in [-0.15, -0.1) is 0 Å². The number of piperidine rings is 1. The van der Waals surface area contributed by atoms with Crippen molar-refractivity contribution in [1.29, 1.82) is 0 Å². The molecular weight excluding hydrogens is 248 g/mol. The molecule has 1 aromatic carbocycles. The van der Waals surface area contributed by atoms with Crippen molar-refractivity contribution in [3.05, 3.63) is 29.8 Å². The molecule has 3 nitrogen and oxygen atoms in total. The Morgan fingerprint density at radius 3 is 2.75 bits per heavy atom. The van der Waals surface area contributed by atoms with Crippen LogP contribution < -0.4 is 10.6 Å². The summed E-state index contributed by atoms with van der Waals surface area (Å²) < 4.78 is 0. The molecular formula is C17H26N2O. The summed E-state index contributed by atoms with van der Waals surface area (Å²) in [7, 11) is 0. The van der Waals surface area contributed by atoms with Gasteiger partial charge in [-0.3, -0.25) is 4.79 Å². The van der Waals surface area contributed by atoms with Crippen LogP contribution in [0.3, 0.4) is 0 Å². The Balaban J connectivity index is 1.87. The molecule has 0 spiro atoms. The fourth-order valence-electron chi connectivity index (χ4n) is 2.67. The van der Waals surface area contributed by atoms with Crippen LogP contribution in [0, 0.1) is 5.92 Å². The van der Waals surface area contributed by atoms with E-state index in [1.807, 2.05) is 12.1 Å². The van der Waals surface area contributed by atoms with E-state index in [2.05, 4.69) is 36.6 Å². The molecule has 2 atom stereocenters. The second-order valence-electron chi connectivity index (χ2n) is 5.93. The van der Waals surface area contributed by atoms with Crippen molar-refractivity contribution in [3.63, 3.8) is 0 Å². The molecule has 20 heavy (non-hydrogen) atoms. The Morgan fingerprint density at radius 1 is 1.35 bits per heavy atom. The highest BCUT2D eigenvalue weighted by atomic mass is 16.2. The van der Waals surface area contributed by atoms with Crippen molar-refractivity contribution < 1.29 is 4.79 Å². The van der Waals surface area contributed by atoms with E-state index < -0.39 is 0 Å². The summed E-state index contributed by atoms with van der Waals surface area (Å²) in [6.07, 6.45) is 5.64. The Bertz CT molecular complexity index is 427. The van der Waals surface area contributed by atoms with Gasteiger partial charge < -0.3 is 10.6 Å². The summed E-state index contributed by atoms with van der Waals surface area (Å²) in [6.45, 7) is 5.35. The molecule has 0 aliphatic carbocycles. The van der Waals surface area contributed by atoms with Gasteiger partial charge in [0.25, 0.3) is 0 Å². The molecule has 0 saturated carbocycles. The standard InChI is InChI=1S/C17H26N2O/c1-3-4-5-14-6-8-15(9-7-14)19-17(20)16-12-13(2)10-11-18-16/h6-9,13,16,18H,3-5,10-12H2,1-2H3,(H,19,20). The number of nitrogens with one attached hydrogen (secondary N) is 2. The second-order valence-corrected chi connectivity index (χ2v) is 5.93. The Hall–Kier alpha value is -1.35. The van der Waals surface area contributed by atoms with Crippen LogP contribution in [0.25, 0.3) is 0 Å². The normalized spacial score (nSPS) is 22.5. The van der Waals surface area contributed by atoms with Gasteiger partial charge in [0, 0.05) is 5.69 Å². The van der Waals surface area contributed by atoms with E-state index >= 15 is 0 Å². The first-order valence-electron chi connectivity index (χ1n) is 7.82. The summed E-state index contributed by atoms with van der Waals surface area (Å²) in [5.41, 5.74) is 2.24. The Kier molecular flexibility index (Phi) is 5.60. The second kappa shape index (κ2) is 7.44. The fraction of sp³-hybridized carbons (Fsp3) is 0.588. The lowest BCUT2D eigenvalue weighted by Gasteiger charge is -2.27. The van der Waals surface area contributed by atoms with Crippen molar-refractivity contribution in [2.75, 3.05) is 11.9 Å². The molecule has 2 unspecified atom stereocenters. The maximum atomic E-state index is 12.2. The number of rotatable bonds is 5. The molecule has 2 N–H and O–H groups in total. The number of anilines is 1. The zero-order valence-corrected chi connectivity index (χ0v) is 12.6. The highest BCUT2D eigenvalue weighted by Crippen LogP contribution is 2.17. The van der Waals surface area contributed by atoms with Crippen LogP contribution in [0.4, 0.5) is 5.69 Å². The molecule has 1 fully saturated rings. The van der Waals surface area contributed by atoms with Crippen molar-refractivity contribution in [2.24, 2.45) is 5.92 Å². The third kappa shape index (κ3) is 4.34. The molecule has 0 aromatic heterocycles. The van der Waals surface area contributed by atoms with Crippen LogP contribution in [0.5, 0.6) is 0 Å². The van der Waals surface area contributed by atoms with Gasteiger partial charge in [-0.05, 0) is 55.8 Å². The molecule has 1 amide bonds. The molecule has 1 aromatic rings. The number of carbonyl (C=O) groups is 1. The van der Waals surface area contributed by atoms with E-state index in [9.17, 15) is 4.79 Å². The summed E-state index contributed by atoms with van der Waals surface area (Å²) in [4.78, 5) is 12.2. The average Bonchev–Trinajstić information content (AvgIpc) is 2.46. The van der Waals surface area contributed by atoms with Crippen LogP contribution in [-0.2, 0) is 11.2 Å². The van der Waals surface area contributed by atoms with Gasteiger partial charge in [0.05, 0.1) is 6.04 Å². The van der Waals surface area contributed by atoms with Crippen molar-refractivity contribution in [1.82, 2.24) is 5.32 Å². The molecule has 3 heteroatoms. The molecule has 2 rings (SSSR count). The Morgan fingerprint density at radius 2 is 2.10 bits per heavy atom. The highest BCUT2D eigenvalue weighted by Gasteiger charge is 2.24. The number of carbonyl (C=O) groups excluding carboxylic acids is 1. The number of hydrogen-bond acceptors (Lipinski definition) is 2. The van der Waals surface area contributed by atoms with Gasteiger partial charge in [0.2, 0.25) is 5.91 Å². The summed E-state index contributed by atoms with van der Waals surface area (Å²) in [5.74, 6) is 0.723. The first-order chi connectivity index (χ1) is 9.69. The zero-order chi connectivity index (χ0) is 14.4. The first-order valence-corrected chi connectivity index (χ1v) is 7.82. The van der Waals surface area contributed by atoms with Crippen LogP contribution in [0.2, 0.25) is 0 Å². The monoisotopic (exact) mass is 274 g/mol. The van der Waals surface area contributed by atoms with Crippen LogP contribution >= 0.6 is 0 Å². The van der Waals surface area contributed by atoms with E-state index in [-0.39, 0.29) is 11.9 Å². The number of hydrogen-bond donors (Lipinski definition) is 2. The van der Waals surface area contributed by atoms with E-state index in [0.29, 0.717) is 5.92 Å². The summed E-state index contributed by atoms with van der Waals surface area (Å²) in [5, 5.41) is 6.31. The van der Waals surface area contributed by atoms with E-state index in [0.717, 1.165) is 31.5 Å². The van der Waals surface area contributed by atoms with Gasteiger partial charge >= 0.3 is 0 Å². The maximum absolute atomic E-state index is 12.2. The zero-order valence-electron chi connectivity index (χ0n) is 12.6. The minimum Gasteiger partial charge on any atom is -0.325 e. The van der Waals surface area contributed by atoms with E-state index in [1.165, 1.54) is 18.4 Å². The molecule has 1 heterocycles. The molecule has 0 radical (unpaired) electrons. The minimum atomic E-state index is -0.0430. The molecule has 1 aliphatic heterocycles. The lowest BCUT2D eigenvalue weighted by molar-refractivity contribution is -0.119. The quantitative estimate of drug-likeness (QED) is 0.864. The van der Waals surface area contributed by atoms with Crippen LogP contribution in [0.1, 0.15) is 45.1 Å². The maximum Gasteiger partial charge on any atom is 0.241 e. The average molecular weight is 274 g/mol. The van der Waals surface area contributed by atoms with Crippen LogP contribution in [-0.4, -0.2) is 18.5 Å². The predicted molar refractivity (Wildman–Crippen MR) is 83.9 cm³/mol. The third-order valence-electron chi connectivity index (χ3n) is 4.02. The number of benzene rings is 1. The smallest absolute Gasteiger partial charge is 0.241 e. The topological polar surface area (TPSA) is 41.1 Å².